The maximum absolute atomic E-state index is 5.56. The van der Waals surface area contributed by atoms with Crippen LogP contribution >= 0.6 is 15.9 Å². The van der Waals surface area contributed by atoms with Crippen LogP contribution in [0.1, 0.15) is 12.0 Å². The minimum Gasteiger partial charge on any atom is -0.381 e. The van der Waals surface area contributed by atoms with E-state index in [1.165, 1.54) is 5.56 Å². The van der Waals surface area contributed by atoms with Crippen LogP contribution < -0.4 is 5.32 Å². The van der Waals surface area contributed by atoms with Crippen molar-refractivity contribution >= 4 is 15.9 Å². The van der Waals surface area contributed by atoms with Crippen molar-refractivity contribution < 1.29 is 4.74 Å². The first-order chi connectivity index (χ1) is 7.79. The number of ether oxygens (including phenoxy) is 1. The Hall–Kier alpha value is -0.380. The molecule has 3 heteroatoms. The molecule has 0 amide bonds. The third kappa shape index (κ3) is 3.06. The van der Waals surface area contributed by atoms with Gasteiger partial charge in [0.2, 0.25) is 0 Å². The van der Waals surface area contributed by atoms with Crippen LogP contribution in [0, 0.1) is 5.92 Å². The third-order valence-corrected chi connectivity index (χ3v) is 3.78. The zero-order chi connectivity index (χ0) is 11.4. The van der Waals surface area contributed by atoms with E-state index in [4.69, 9.17) is 4.74 Å². The maximum atomic E-state index is 5.56. The zero-order valence-electron chi connectivity index (χ0n) is 9.58. The first-order valence-electron chi connectivity index (χ1n) is 5.79. The van der Waals surface area contributed by atoms with Gasteiger partial charge in [0, 0.05) is 23.0 Å². The molecule has 88 valence electrons. The van der Waals surface area contributed by atoms with E-state index in [1.807, 2.05) is 7.05 Å². The van der Waals surface area contributed by atoms with Crippen molar-refractivity contribution in [1.29, 1.82) is 0 Å². The predicted octanol–water partition coefficient (Wildman–Crippen LogP) is 2.62. The van der Waals surface area contributed by atoms with Crippen molar-refractivity contribution in [2.24, 2.45) is 5.92 Å². The van der Waals surface area contributed by atoms with E-state index >= 15 is 0 Å². The Morgan fingerprint density at radius 1 is 1.38 bits per heavy atom. The molecule has 2 nitrogen and oxygen atoms in total. The summed E-state index contributed by atoms with van der Waals surface area (Å²) >= 11 is 3.46. The molecule has 0 saturated carbocycles. The molecule has 0 radical (unpaired) electrons. The van der Waals surface area contributed by atoms with Crippen LogP contribution in [-0.2, 0) is 11.2 Å². The molecule has 1 aliphatic rings. The zero-order valence-corrected chi connectivity index (χ0v) is 11.2. The molecule has 1 aliphatic heterocycles. The number of nitrogens with one attached hydrogen (secondary N) is 1. The van der Waals surface area contributed by atoms with Gasteiger partial charge in [-0.1, -0.05) is 28.1 Å². The van der Waals surface area contributed by atoms with Crippen LogP contribution in [0.4, 0.5) is 0 Å². The highest BCUT2D eigenvalue weighted by Crippen LogP contribution is 2.20. The molecule has 16 heavy (non-hydrogen) atoms. The Labute approximate surface area is 106 Å². The highest BCUT2D eigenvalue weighted by atomic mass is 79.9. The lowest BCUT2D eigenvalue weighted by molar-refractivity contribution is 0.0342. The molecule has 0 spiro atoms. The second kappa shape index (κ2) is 5.80. The summed E-state index contributed by atoms with van der Waals surface area (Å²) in [6.45, 7) is 1.77. The maximum Gasteiger partial charge on any atom is 0.0512 e. The van der Waals surface area contributed by atoms with Crippen molar-refractivity contribution in [2.45, 2.75) is 18.9 Å². The standard InChI is InChI=1S/C13H18BrNO/c1-15-13-6-7-16-9-11(13)8-10-2-4-12(14)5-3-10/h2-5,11,13,15H,6-9H2,1H3/t11-,13+/m1/s1. The van der Waals surface area contributed by atoms with E-state index in [0.29, 0.717) is 12.0 Å². The van der Waals surface area contributed by atoms with Crippen LogP contribution in [0.15, 0.2) is 28.7 Å². The van der Waals surface area contributed by atoms with E-state index in [0.717, 1.165) is 30.5 Å². The van der Waals surface area contributed by atoms with Gasteiger partial charge < -0.3 is 10.1 Å². The van der Waals surface area contributed by atoms with Gasteiger partial charge in [-0.25, -0.2) is 0 Å². The first kappa shape index (κ1) is 12.1. The van der Waals surface area contributed by atoms with Gasteiger partial charge >= 0.3 is 0 Å². The summed E-state index contributed by atoms with van der Waals surface area (Å²) in [5, 5.41) is 3.40. The summed E-state index contributed by atoms with van der Waals surface area (Å²) in [4.78, 5) is 0. The lowest BCUT2D eigenvalue weighted by atomic mass is 9.89. The van der Waals surface area contributed by atoms with Gasteiger partial charge in [-0.3, -0.25) is 0 Å². The fraction of sp³-hybridized carbons (Fsp3) is 0.538. The van der Waals surface area contributed by atoms with Crippen molar-refractivity contribution in [3.8, 4) is 0 Å². The number of rotatable bonds is 3. The van der Waals surface area contributed by atoms with Gasteiger partial charge in [-0.2, -0.15) is 0 Å². The molecule has 1 saturated heterocycles. The molecule has 1 heterocycles. The quantitative estimate of drug-likeness (QED) is 0.921. The lowest BCUT2D eigenvalue weighted by Crippen LogP contribution is -2.41. The van der Waals surface area contributed by atoms with Crippen LogP contribution in [0.25, 0.3) is 0 Å². The smallest absolute Gasteiger partial charge is 0.0512 e. The summed E-state index contributed by atoms with van der Waals surface area (Å²) in [5.74, 6) is 0.597. The molecule has 2 rings (SSSR count). The van der Waals surface area contributed by atoms with E-state index in [2.05, 4.69) is 45.5 Å². The molecule has 1 fully saturated rings. The Bertz CT molecular complexity index is 325. The first-order valence-corrected chi connectivity index (χ1v) is 6.58. The monoisotopic (exact) mass is 283 g/mol. The van der Waals surface area contributed by atoms with Crippen molar-refractivity contribution in [3.63, 3.8) is 0 Å². The second-order valence-electron chi connectivity index (χ2n) is 4.35. The molecule has 0 aromatic heterocycles. The fourth-order valence-electron chi connectivity index (χ4n) is 2.30. The molecule has 0 unspecified atom stereocenters. The average Bonchev–Trinajstić information content (AvgIpc) is 2.33. The molecule has 2 atom stereocenters. The topological polar surface area (TPSA) is 21.3 Å². The second-order valence-corrected chi connectivity index (χ2v) is 5.27. The van der Waals surface area contributed by atoms with Crippen molar-refractivity contribution in [2.75, 3.05) is 20.3 Å². The summed E-state index contributed by atoms with van der Waals surface area (Å²) in [7, 11) is 2.05. The Morgan fingerprint density at radius 3 is 2.81 bits per heavy atom. The highest BCUT2D eigenvalue weighted by molar-refractivity contribution is 9.10. The molecule has 1 aromatic rings. The fourth-order valence-corrected chi connectivity index (χ4v) is 2.57. The third-order valence-electron chi connectivity index (χ3n) is 3.26. The molecule has 1 N–H and O–H groups in total. The summed E-state index contributed by atoms with van der Waals surface area (Å²) < 4.78 is 6.70. The van der Waals surface area contributed by atoms with Crippen LogP contribution in [-0.4, -0.2) is 26.3 Å². The predicted molar refractivity (Wildman–Crippen MR) is 69.6 cm³/mol. The largest absolute Gasteiger partial charge is 0.381 e. The lowest BCUT2D eigenvalue weighted by Gasteiger charge is -2.31. The van der Waals surface area contributed by atoms with E-state index in [-0.39, 0.29) is 0 Å². The van der Waals surface area contributed by atoms with Crippen LogP contribution in [0.2, 0.25) is 0 Å². The minimum atomic E-state index is 0.595. The highest BCUT2D eigenvalue weighted by Gasteiger charge is 2.24. The van der Waals surface area contributed by atoms with Gasteiger partial charge in [0.15, 0.2) is 0 Å². The van der Waals surface area contributed by atoms with Gasteiger partial charge in [0.05, 0.1) is 6.61 Å². The molecule has 1 aromatic carbocycles. The van der Waals surface area contributed by atoms with E-state index in [1.54, 1.807) is 0 Å². The Morgan fingerprint density at radius 2 is 2.12 bits per heavy atom. The van der Waals surface area contributed by atoms with Crippen molar-refractivity contribution in [3.05, 3.63) is 34.3 Å². The van der Waals surface area contributed by atoms with Crippen molar-refractivity contribution in [1.82, 2.24) is 5.32 Å². The van der Waals surface area contributed by atoms with Crippen LogP contribution in [0.3, 0.4) is 0 Å². The van der Waals surface area contributed by atoms with Gasteiger partial charge in [-0.15, -0.1) is 0 Å². The van der Waals surface area contributed by atoms with E-state index < -0.39 is 0 Å². The minimum absolute atomic E-state index is 0.595. The number of hydrogen-bond donors (Lipinski definition) is 1. The summed E-state index contributed by atoms with van der Waals surface area (Å²) in [6.07, 6.45) is 2.22. The van der Waals surface area contributed by atoms with Crippen LogP contribution in [0.5, 0.6) is 0 Å². The molecular weight excluding hydrogens is 266 g/mol. The summed E-state index contributed by atoms with van der Waals surface area (Å²) in [5.41, 5.74) is 1.39. The van der Waals surface area contributed by atoms with E-state index in [9.17, 15) is 0 Å². The van der Waals surface area contributed by atoms with Gasteiger partial charge in [-0.05, 0) is 37.6 Å². The molecular formula is C13H18BrNO. The molecule has 0 aliphatic carbocycles. The average molecular weight is 284 g/mol. The summed E-state index contributed by atoms with van der Waals surface area (Å²) in [6, 6.07) is 9.18. The SMILES string of the molecule is CN[C@H]1CCOC[C@H]1Cc1ccc(Br)cc1. The Kier molecular flexibility index (Phi) is 4.38. The number of hydrogen-bond acceptors (Lipinski definition) is 2. The molecule has 0 bridgehead atoms. The number of benzene rings is 1. The van der Waals surface area contributed by atoms with Gasteiger partial charge in [0.25, 0.3) is 0 Å². The Balaban J connectivity index is 1.99. The normalized spacial score (nSPS) is 25.6. The van der Waals surface area contributed by atoms with Gasteiger partial charge in [0.1, 0.15) is 0 Å². The number of halogens is 1.